The molecule has 1 aromatic carbocycles. The van der Waals surface area contributed by atoms with Crippen LogP contribution in [-0.4, -0.2) is 21.3 Å². The van der Waals surface area contributed by atoms with E-state index in [-0.39, 0.29) is 11.9 Å². The van der Waals surface area contributed by atoms with Gasteiger partial charge in [0.25, 0.3) is 5.91 Å². The van der Waals surface area contributed by atoms with Gasteiger partial charge in [-0.25, -0.2) is 4.98 Å². The number of rotatable bonds is 4. The van der Waals surface area contributed by atoms with Crippen LogP contribution in [0.4, 0.5) is 10.8 Å². The van der Waals surface area contributed by atoms with Crippen LogP contribution in [0.5, 0.6) is 0 Å². The first-order chi connectivity index (χ1) is 9.06. The first kappa shape index (κ1) is 13.5. The highest BCUT2D eigenvalue weighted by molar-refractivity contribution is 7.09. The largest absolute Gasteiger partial charge is 0.382 e. The Balaban J connectivity index is 2.18. The predicted molar refractivity (Wildman–Crippen MR) is 77.8 cm³/mol. The summed E-state index contributed by atoms with van der Waals surface area (Å²) < 4.78 is 4.03. The van der Waals surface area contributed by atoms with E-state index < -0.39 is 0 Å². The number of carbonyl (C=O) groups is 1. The van der Waals surface area contributed by atoms with E-state index in [1.807, 2.05) is 32.0 Å². The maximum absolute atomic E-state index is 12.2. The van der Waals surface area contributed by atoms with E-state index >= 15 is 0 Å². The molecule has 0 aliphatic heterocycles. The fraction of sp³-hybridized carbons (Fsp3) is 0.308. The Hall–Kier alpha value is -1.95. The molecule has 0 saturated heterocycles. The molecule has 0 aliphatic rings. The summed E-state index contributed by atoms with van der Waals surface area (Å²) in [6.07, 6.45) is 0. The van der Waals surface area contributed by atoms with Crippen LogP contribution in [0.2, 0.25) is 0 Å². The van der Waals surface area contributed by atoms with Gasteiger partial charge in [0, 0.05) is 23.3 Å². The molecule has 0 saturated carbocycles. The van der Waals surface area contributed by atoms with Gasteiger partial charge in [-0.3, -0.25) is 10.1 Å². The topological polar surface area (TPSA) is 66.9 Å². The van der Waals surface area contributed by atoms with Crippen LogP contribution in [0.25, 0.3) is 0 Å². The van der Waals surface area contributed by atoms with Gasteiger partial charge in [0.15, 0.2) is 0 Å². The highest BCUT2D eigenvalue weighted by Crippen LogP contribution is 2.19. The second-order valence-electron chi connectivity index (χ2n) is 4.45. The smallest absolute Gasteiger partial charge is 0.259 e. The molecule has 1 heterocycles. The lowest BCUT2D eigenvalue weighted by Gasteiger charge is -2.13. The summed E-state index contributed by atoms with van der Waals surface area (Å²) in [7, 11) is 0. The Morgan fingerprint density at radius 2 is 2.05 bits per heavy atom. The third kappa shape index (κ3) is 3.51. The maximum Gasteiger partial charge on any atom is 0.259 e. The number of para-hydroxylation sites is 1. The van der Waals surface area contributed by atoms with E-state index in [1.165, 1.54) is 11.5 Å². The van der Waals surface area contributed by atoms with E-state index in [9.17, 15) is 4.79 Å². The van der Waals surface area contributed by atoms with Gasteiger partial charge in [0.2, 0.25) is 5.13 Å². The van der Waals surface area contributed by atoms with Gasteiger partial charge in [-0.1, -0.05) is 12.1 Å². The van der Waals surface area contributed by atoms with Crippen LogP contribution in [0.15, 0.2) is 24.3 Å². The average molecular weight is 276 g/mol. The lowest BCUT2D eigenvalue weighted by Crippen LogP contribution is -2.17. The third-order valence-electron chi connectivity index (χ3n) is 2.36. The monoisotopic (exact) mass is 276 g/mol. The molecule has 0 aliphatic carbocycles. The van der Waals surface area contributed by atoms with Gasteiger partial charge in [-0.05, 0) is 32.9 Å². The first-order valence-electron chi connectivity index (χ1n) is 6.03. The molecule has 2 aromatic rings. The number of benzene rings is 1. The van der Waals surface area contributed by atoms with Crippen molar-refractivity contribution in [3.05, 3.63) is 35.7 Å². The molecule has 1 amide bonds. The molecule has 5 nitrogen and oxygen atoms in total. The van der Waals surface area contributed by atoms with Crippen LogP contribution in [0.3, 0.4) is 0 Å². The number of anilines is 2. The van der Waals surface area contributed by atoms with Crippen molar-refractivity contribution in [2.24, 2.45) is 0 Å². The number of hydrogen-bond donors (Lipinski definition) is 2. The summed E-state index contributed by atoms with van der Waals surface area (Å²) >= 11 is 1.18. The van der Waals surface area contributed by atoms with Crippen LogP contribution in [-0.2, 0) is 0 Å². The van der Waals surface area contributed by atoms with Crippen molar-refractivity contribution in [2.75, 3.05) is 10.6 Å². The Morgan fingerprint density at radius 1 is 1.32 bits per heavy atom. The number of amides is 1. The minimum atomic E-state index is -0.181. The zero-order chi connectivity index (χ0) is 13.8. The lowest BCUT2D eigenvalue weighted by atomic mass is 10.1. The van der Waals surface area contributed by atoms with Gasteiger partial charge < -0.3 is 5.32 Å². The summed E-state index contributed by atoms with van der Waals surface area (Å²) in [4.78, 5) is 16.3. The zero-order valence-electron chi connectivity index (χ0n) is 11.1. The number of nitrogens with one attached hydrogen (secondary N) is 2. The van der Waals surface area contributed by atoms with Crippen LogP contribution in [0, 0.1) is 6.92 Å². The maximum atomic E-state index is 12.2. The highest BCUT2D eigenvalue weighted by Gasteiger charge is 2.13. The summed E-state index contributed by atoms with van der Waals surface area (Å²) in [5, 5.41) is 6.53. The molecule has 1 aromatic heterocycles. The van der Waals surface area contributed by atoms with E-state index in [1.54, 1.807) is 13.0 Å². The van der Waals surface area contributed by atoms with Crippen LogP contribution in [0.1, 0.15) is 30.0 Å². The zero-order valence-corrected chi connectivity index (χ0v) is 11.9. The number of aromatic nitrogens is 2. The Labute approximate surface area is 116 Å². The molecule has 100 valence electrons. The predicted octanol–water partition coefficient (Wildman–Crippen LogP) is 2.92. The summed E-state index contributed by atoms with van der Waals surface area (Å²) in [6, 6.07) is 7.68. The molecule has 2 rings (SSSR count). The second-order valence-corrected chi connectivity index (χ2v) is 5.20. The fourth-order valence-corrected chi connectivity index (χ4v) is 2.20. The van der Waals surface area contributed by atoms with Crippen LogP contribution >= 0.6 is 11.5 Å². The summed E-state index contributed by atoms with van der Waals surface area (Å²) in [5.41, 5.74) is 1.42. The molecule has 0 fully saturated rings. The molecular weight excluding hydrogens is 260 g/mol. The second kappa shape index (κ2) is 5.79. The fourth-order valence-electron chi connectivity index (χ4n) is 1.63. The summed E-state index contributed by atoms with van der Waals surface area (Å²) in [6.45, 7) is 5.85. The molecule has 0 atom stereocenters. The number of hydrogen-bond acceptors (Lipinski definition) is 5. The van der Waals surface area contributed by atoms with Crippen molar-refractivity contribution in [1.82, 2.24) is 9.36 Å². The normalized spacial score (nSPS) is 10.5. The molecule has 0 unspecified atom stereocenters. The molecule has 0 spiro atoms. The molecular formula is C13H16N4OS. The van der Waals surface area contributed by atoms with Gasteiger partial charge in [-0.2, -0.15) is 4.37 Å². The Kier molecular flexibility index (Phi) is 4.11. The summed E-state index contributed by atoms with van der Waals surface area (Å²) in [5.74, 6) is 0.480. The Morgan fingerprint density at radius 3 is 2.68 bits per heavy atom. The Bertz CT molecular complexity index is 580. The molecule has 0 radical (unpaired) electrons. The van der Waals surface area contributed by atoms with E-state index in [4.69, 9.17) is 0 Å². The SMILES string of the molecule is Cc1nsc(NC(=O)c2ccccc2NC(C)C)n1. The van der Waals surface area contributed by atoms with Crippen LogP contribution < -0.4 is 10.6 Å². The number of nitrogens with zero attached hydrogens (tertiary/aromatic N) is 2. The van der Waals surface area contributed by atoms with Crippen molar-refractivity contribution in [3.8, 4) is 0 Å². The first-order valence-corrected chi connectivity index (χ1v) is 6.81. The van der Waals surface area contributed by atoms with Gasteiger partial charge in [0.05, 0.1) is 5.56 Å². The number of carbonyl (C=O) groups excluding carboxylic acids is 1. The molecule has 6 heteroatoms. The van der Waals surface area contributed by atoms with Crippen molar-refractivity contribution < 1.29 is 4.79 Å². The van der Waals surface area contributed by atoms with E-state index in [0.717, 1.165) is 5.69 Å². The van der Waals surface area contributed by atoms with Crippen molar-refractivity contribution in [1.29, 1.82) is 0 Å². The van der Waals surface area contributed by atoms with Crippen molar-refractivity contribution in [2.45, 2.75) is 26.8 Å². The van der Waals surface area contributed by atoms with Gasteiger partial charge in [-0.15, -0.1) is 0 Å². The minimum Gasteiger partial charge on any atom is -0.382 e. The molecule has 19 heavy (non-hydrogen) atoms. The van der Waals surface area contributed by atoms with Crippen molar-refractivity contribution in [3.63, 3.8) is 0 Å². The average Bonchev–Trinajstić information content (AvgIpc) is 2.74. The van der Waals surface area contributed by atoms with E-state index in [0.29, 0.717) is 16.5 Å². The van der Waals surface area contributed by atoms with Gasteiger partial charge >= 0.3 is 0 Å². The standard InChI is InChI=1S/C13H16N4OS/c1-8(2)14-11-7-5-4-6-10(11)12(18)16-13-15-9(3)17-19-13/h4-8,14H,1-3H3,(H,15,16,17,18). The minimum absolute atomic E-state index is 0.181. The third-order valence-corrected chi connectivity index (χ3v) is 3.09. The van der Waals surface area contributed by atoms with Gasteiger partial charge in [0.1, 0.15) is 5.82 Å². The quantitative estimate of drug-likeness (QED) is 0.901. The lowest BCUT2D eigenvalue weighted by molar-refractivity contribution is 0.102. The molecule has 0 bridgehead atoms. The number of aryl methyl sites for hydroxylation is 1. The molecule has 2 N–H and O–H groups in total. The van der Waals surface area contributed by atoms with Crippen molar-refractivity contribution >= 4 is 28.3 Å². The van der Waals surface area contributed by atoms with E-state index in [2.05, 4.69) is 20.0 Å². The highest BCUT2D eigenvalue weighted by atomic mass is 32.1.